The van der Waals surface area contributed by atoms with Crippen molar-refractivity contribution in [3.63, 3.8) is 0 Å². The highest BCUT2D eigenvalue weighted by atomic mass is 19.1. The van der Waals surface area contributed by atoms with Crippen molar-refractivity contribution in [3.05, 3.63) is 35.4 Å². The Balaban J connectivity index is 2.74. The second-order valence-electron chi connectivity index (χ2n) is 4.65. The maximum Gasteiger partial charge on any atom is 0.407 e. The van der Waals surface area contributed by atoms with Gasteiger partial charge in [-0.1, -0.05) is 13.3 Å². The molecule has 122 valence electrons. The summed E-state index contributed by atoms with van der Waals surface area (Å²) in [6, 6.07) is 1.74. The molecule has 0 saturated carbocycles. The average Bonchev–Trinajstić information content (AvgIpc) is 2.49. The molecule has 5 nitrogen and oxygen atoms in total. The van der Waals surface area contributed by atoms with Crippen LogP contribution in [0.4, 0.5) is 13.6 Å². The SMILES string of the molecule is CCCCOC(=O)N[C@H](Cc1cc(F)ccc1F)C(=O)OC. The van der Waals surface area contributed by atoms with E-state index in [1.54, 1.807) is 0 Å². The van der Waals surface area contributed by atoms with E-state index in [4.69, 9.17) is 4.74 Å². The molecule has 0 unspecified atom stereocenters. The molecule has 0 saturated heterocycles. The first kappa shape index (κ1) is 17.9. The van der Waals surface area contributed by atoms with Gasteiger partial charge in [-0.05, 0) is 30.2 Å². The highest BCUT2D eigenvalue weighted by molar-refractivity contribution is 5.81. The van der Waals surface area contributed by atoms with Gasteiger partial charge in [-0.2, -0.15) is 0 Å². The number of esters is 1. The molecule has 7 heteroatoms. The molecule has 1 atom stereocenters. The third kappa shape index (κ3) is 5.67. The van der Waals surface area contributed by atoms with Gasteiger partial charge in [0.1, 0.15) is 17.7 Å². The van der Waals surface area contributed by atoms with E-state index in [-0.39, 0.29) is 18.6 Å². The first-order chi connectivity index (χ1) is 10.5. The van der Waals surface area contributed by atoms with Crippen LogP contribution in [0.3, 0.4) is 0 Å². The highest BCUT2D eigenvalue weighted by Gasteiger charge is 2.24. The maximum absolute atomic E-state index is 13.6. The van der Waals surface area contributed by atoms with Gasteiger partial charge in [0.2, 0.25) is 0 Å². The van der Waals surface area contributed by atoms with E-state index >= 15 is 0 Å². The fourth-order valence-electron chi connectivity index (χ4n) is 1.75. The van der Waals surface area contributed by atoms with Crippen LogP contribution in [0.2, 0.25) is 0 Å². The molecular weight excluding hydrogens is 296 g/mol. The largest absolute Gasteiger partial charge is 0.467 e. The average molecular weight is 315 g/mol. The summed E-state index contributed by atoms with van der Waals surface area (Å²) in [5.41, 5.74) is -0.0377. The number of benzene rings is 1. The number of alkyl carbamates (subject to hydrolysis) is 1. The zero-order valence-corrected chi connectivity index (χ0v) is 12.5. The van der Waals surface area contributed by atoms with Crippen molar-refractivity contribution in [1.29, 1.82) is 0 Å². The summed E-state index contributed by atoms with van der Waals surface area (Å²) in [7, 11) is 1.14. The predicted octanol–water partition coefficient (Wildman–Crippen LogP) is 2.58. The number of methoxy groups -OCH3 is 1. The zero-order valence-electron chi connectivity index (χ0n) is 12.5. The van der Waals surface area contributed by atoms with Crippen molar-refractivity contribution < 1.29 is 27.8 Å². The first-order valence-electron chi connectivity index (χ1n) is 6.93. The number of nitrogens with one attached hydrogen (secondary N) is 1. The number of unbranched alkanes of at least 4 members (excludes halogenated alkanes) is 1. The number of halogens is 2. The van der Waals surface area contributed by atoms with E-state index < -0.39 is 29.7 Å². The number of rotatable bonds is 7. The van der Waals surface area contributed by atoms with Gasteiger partial charge in [-0.15, -0.1) is 0 Å². The number of carbonyl (C=O) groups is 2. The molecule has 1 amide bonds. The zero-order chi connectivity index (χ0) is 16.5. The van der Waals surface area contributed by atoms with Crippen LogP contribution in [0.25, 0.3) is 0 Å². The summed E-state index contributed by atoms with van der Waals surface area (Å²) in [4.78, 5) is 23.3. The van der Waals surface area contributed by atoms with Crippen LogP contribution in [-0.4, -0.2) is 31.8 Å². The summed E-state index contributed by atoms with van der Waals surface area (Å²) in [5, 5.41) is 2.30. The third-order valence-corrected chi connectivity index (χ3v) is 2.94. The summed E-state index contributed by atoms with van der Waals surface area (Å²) >= 11 is 0. The van der Waals surface area contributed by atoms with Crippen LogP contribution >= 0.6 is 0 Å². The quantitative estimate of drug-likeness (QED) is 0.620. The van der Waals surface area contributed by atoms with E-state index in [0.717, 1.165) is 31.7 Å². The van der Waals surface area contributed by atoms with E-state index in [1.807, 2.05) is 6.92 Å². The van der Waals surface area contributed by atoms with Gasteiger partial charge in [-0.25, -0.2) is 18.4 Å². The molecule has 0 aliphatic rings. The van der Waals surface area contributed by atoms with Gasteiger partial charge in [0.15, 0.2) is 0 Å². The summed E-state index contributed by atoms with van der Waals surface area (Å²) in [6.45, 7) is 2.15. The molecule has 1 aromatic rings. The van der Waals surface area contributed by atoms with Gasteiger partial charge in [0.25, 0.3) is 0 Å². The van der Waals surface area contributed by atoms with E-state index in [1.165, 1.54) is 0 Å². The Hall–Kier alpha value is -2.18. The lowest BCUT2D eigenvalue weighted by Gasteiger charge is -2.17. The Morgan fingerprint density at radius 2 is 2.05 bits per heavy atom. The summed E-state index contributed by atoms with van der Waals surface area (Å²) < 4.78 is 36.2. The Labute approximate surface area is 127 Å². The molecule has 0 aliphatic carbocycles. The van der Waals surface area contributed by atoms with Crippen molar-refractivity contribution in [2.45, 2.75) is 32.2 Å². The molecule has 0 bridgehead atoms. The first-order valence-corrected chi connectivity index (χ1v) is 6.93. The number of ether oxygens (including phenoxy) is 2. The molecular formula is C15H19F2NO4. The normalized spacial score (nSPS) is 11.6. The molecule has 1 rings (SSSR count). The van der Waals surface area contributed by atoms with Crippen molar-refractivity contribution >= 4 is 12.1 Å². The lowest BCUT2D eigenvalue weighted by Crippen LogP contribution is -2.43. The van der Waals surface area contributed by atoms with Gasteiger partial charge >= 0.3 is 12.1 Å². The standard InChI is InChI=1S/C15H19F2NO4/c1-3-4-7-22-15(20)18-13(14(19)21-2)9-10-8-11(16)5-6-12(10)17/h5-6,8,13H,3-4,7,9H2,1-2H3,(H,18,20)/t13-/m1/s1. The second kappa shape index (κ2) is 8.96. The molecule has 0 heterocycles. The van der Waals surface area contributed by atoms with Crippen molar-refractivity contribution in [2.24, 2.45) is 0 Å². The fourth-order valence-corrected chi connectivity index (χ4v) is 1.75. The lowest BCUT2D eigenvalue weighted by atomic mass is 10.1. The number of carbonyl (C=O) groups excluding carboxylic acids is 2. The molecule has 22 heavy (non-hydrogen) atoms. The number of hydrogen-bond donors (Lipinski definition) is 1. The molecule has 0 fully saturated rings. The van der Waals surface area contributed by atoms with Crippen LogP contribution < -0.4 is 5.32 Å². The molecule has 1 aromatic carbocycles. The topological polar surface area (TPSA) is 64.6 Å². The predicted molar refractivity (Wildman–Crippen MR) is 75.3 cm³/mol. The molecule has 0 aromatic heterocycles. The van der Waals surface area contributed by atoms with Gasteiger partial charge in [0, 0.05) is 6.42 Å². The van der Waals surface area contributed by atoms with Gasteiger partial charge in [-0.3, -0.25) is 0 Å². The lowest BCUT2D eigenvalue weighted by molar-refractivity contribution is -0.143. The third-order valence-electron chi connectivity index (χ3n) is 2.94. The second-order valence-corrected chi connectivity index (χ2v) is 4.65. The Kier molecular flexibility index (Phi) is 7.28. The summed E-state index contributed by atoms with van der Waals surface area (Å²) in [6.07, 6.45) is 0.497. The van der Waals surface area contributed by atoms with Gasteiger partial charge in [0.05, 0.1) is 13.7 Å². The summed E-state index contributed by atoms with van der Waals surface area (Å²) in [5.74, 6) is -2.07. The number of amides is 1. The minimum Gasteiger partial charge on any atom is -0.467 e. The Morgan fingerprint density at radius 1 is 1.32 bits per heavy atom. The maximum atomic E-state index is 13.6. The van der Waals surface area contributed by atoms with Crippen LogP contribution in [0, 0.1) is 11.6 Å². The van der Waals surface area contributed by atoms with E-state index in [2.05, 4.69) is 10.1 Å². The van der Waals surface area contributed by atoms with Crippen molar-refractivity contribution in [2.75, 3.05) is 13.7 Å². The molecule has 1 N–H and O–H groups in total. The van der Waals surface area contributed by atoms with E-state index in [9.17, 15) is 18.4 Å². The number of hydrogen-bond acceptors (Lipinski definition) is 4. The molecule has 0 aliphatic heterocycles. The van der Waals surface area contributed by atoms with Crippen LogP contribution in [0.5, 0.6) is 0 Å². The van der Waals surface area contributed by atoms with Crippen LogP contribution in [-0.2, 0) is 20.7 Å². The van der Waals surface area contributed by atoms with Gasteiger partial charge < -0.3 is 14.8 Å². The Morgan fingerprint density at radius 3 is 2.68 bits per heavy atom. The van der Waals surface area contributed by atoms with Crippen molar-refractivity contribution in [1.82, 2.24) is 5.32 Å². The minimum absolute atomic E-state index is 0.0377. The smallest absolute Gasteiger partial charge is 0.407 e. The van der Waals surface area contributed by atoms with Crippen LogP contribution in [0.15, 0.2) is 18.2 Å². The highest BCUT2D eigenvalue weighted by Crippen LogP contribution is 2.12. The fraction of sp³-hybridized carbons (Fsp3) is 0.467. The molecule has 0 radical (unpaired) electrons. The Bertz CT molecular complexity index is 522. The minimum atomic E-state index is -1.16. The monoisotopic (exact) mass is 315 g/mol. The van der Waals surface area contributed by atoms with Crippen molar-refractivity contribution in [3.8, 4) is 0 Å². The van der Waals surface area contributed by atoms with Crippen LogP contribution in [0.1, 0.15) is 25.3 Å². The van der Waals surface area contributed by atoms with E-state index in [0.29, 0.717) is 6.42 Å². The molecule has 0 spiro atoms.